The third-order valence-corrected chi connectivity index (χ3v) is 4.77. The van der Waals surface area contributed by atoms with Crippen LogP contribution < -0.4 is 5.56 Å². The van der Waals surface area contributed by atoms with Crippen LogP contribution in [0.3, 0.4) is 0 Å². The summed E-state index contributed by atoms with van der Waals surface area (Å²) >= 11 is 0. The van der Waals surface area contributed by atoms with Gasteiger partial charge in [0.25, 0.3) is 5.56 Å². The van der Waals surface area contributed by atoms with Gasteiger partial charge in [0, 0.05) is 5.56 Å². The van der Waals surface area contributed by atoms with E-state index in [4.69, 9.17) is 4.98 Å². The van der Waals surface area contributed by atoms with Crippen molar-refractivity contribution in [3.63, 3.8) is 0 Å². The summed E-state index contributed by atoms with van der Waals surface area (Å²) in [6.07, 6.45) is 3.55. The minimum Gasteiger partial charge on any atom is -0.507 e. The molecule has 4 nitrogen and oxygen atoms in total. The second-order valence-corrected chi connectivity index (χ2v) is 6.81. The zero-order chi connectivity index (χ0) is 19.7. The van der Waals surface area contributed by atoms with Crippen LogP contribution in [0.1, 0.15) is 22.5 Å². The summed E-state index contributed by atoms with van der Waals surface area (Å²) in [6.45, 7) is 3.86. The van der Waals surface area contributed by atoms with Gasteiger partial charge in [-0.3, -0.25) is 9.36 Å². The van der Waals surface area contributed by atoms with Crippen LogP contribution in [0.5, 0.6) is 5.75 Å². The van der Waals surface area contributed by atoms with E-state index in [1.807, 2.05) is 74.5 Å². The number of hydrogen-bond donors (Lipinski definition) is 1. The average Bonchev–Trinajstić information content (AvgIpc) is 2.70. The van der Waals surface area contributed by atoms with Gasteiger partial charge in [0.05, 0.1) is 16.6 Å². The summed E-state index contributed by atoms with van der Waals surface area (Å²) in [5.74, 6) is 0.734. The molecular weight excluding hydrogens is 348 g/mol. The van der Waals surface area contributed by atoms with Gasteiger partial charge in [0.1, 0.15) is 11.6 Å². The molecule has 0 amide bonds. The molecule has 0 fully saturated rings. The molecule has 0 atom stereocenters. The van der Waals surface area contributed by atoms with E-state index in [-0.39, 0.29) is 11.3 Å². The smallest absolute Gasteiger partial charge is 0.266 e. The summed E-state index contributed by atoms with van der Waals surface area (Å²) in [5, 5.41) is 10.8. The first-order chi connectivity index (χ1) is 13.5. The van der Waals surface area contributed by atoms with Crippen LogP contribution in [-0.4, -0.2) is 14.7 Å². The van der Waals surface area contributed by atoms with Crippen molar-refractivity contribution in [1.29, 1.82) is 0 Å². The molecule has 3 aromatic carbocycles. The fraction of sp³-hybridized carbons (Fsp3) is 0.0833. The normalized spacial score (nSPS) is 11.4. The van der Waals surface area contributed by atoms with Crippen molar-refractivity contribution in [1.82, 2.24) is 9.55 Å². The van der Waals surface area contributed by atoms with Crippen LogP contribution in [0.25, 0.3) is 28.7 Å². The summed E-state index contributed by atoms with van der Waals surface area (Å²) in [5.41, 5.74) is 3.86. The highest BCUT2D eigenvalue weighted by Gasteiger charge is 2.11. The summed E-state index contributed by atoms with van der Waals surface area (Å²) < 4.78 is 1.60. The van der Waals surface area contributed by atoms with E-state index >= 15 is 0 Å². The molecule has 0 aliphatic rings. The number of nitrogens with zero attached hydrogens (tertiary/aromatic N) is 2. The first kappa shape index (κ1) is 17.7. The van der Waals surface area contributed by atoms with Crippen LogP contribution in [0.15, 0.2) is 71.5 Å². The Hall–Kier alpha value is -3.66. The number of fused-ring (bicyclic) bond motifs is 1. The third kappa shape index (κ3) is 3.21. The van der Waals surface area contributed by atoms with Gasteiger partial charge in [0.2, 0.25) is 0 Å². The van der Waals surface area contributed by atoms with E-state index in [1.165, 1.54) is 0 Å². The Morgan fingerprint density at radius 1 is 0.893 bits per heavy atom. The first-order valence-corrected chi connectivity index (χ1v) is 9.10. The minimum absolute atomic E-state index is 0.123. The zero-order valence-electron chi connectivity index (χ0n) is 15.8. The van der Waals surface area contributed by atoms with Crippen LogP contribution in [0, 0.1) is 13.8 Å². The molecule has 0 bridgehead atoms. The molecule has 0 unspecified atom stereocenters. The molecule has 4 heteroatoms. The Labute approximate surface area is 163 Å². The number of aromatic hydroxyl groups is 1. The largest absolute Gasteiger partial charge is 0.507 e. The van der Waals surface area contributed by atoms with Crippen LogP contribution in [0.2, 0.25) is 0 Å². The molecule has 0 aliphatic carbocycles. The molecule has 138 valence electrons. The number of para-hydroxylation sites is 2. The van der Waals surface area contributed by atoms with Crippen LogP contribution >= 0.6 is 0 Å². The van der Waals surface area contributed by atoms with Crippen LogP contribution in [0.4, 0.5) is 0 Å². The number of aromatic nitrogens is 2. The lowest BCUT2D eigenvalue weighted by Gasteiger charge is -2.12. The highest BCUT2D eigenvalue weighted by Crippen LogP contribution is 2.24. The van der Waals surface area contributed by atoms with Crippen molar-refractivity contribution >= 4 is 23.1 Å². The minimum atomic E-state index is -0.123. The fourth-order valence-electron chi connectivity index (χ4n) is 3.19. The predicted molar refractivity (Wildman–Crippen MR) is 114 cm³/mol. The number of aryl methyl sites for hydroxylation is 2. The van der Waals surface area contributed by atoms with Crippen molar-refractivity contribution < 1.29 is 5.11 Å². The fourth-order valence-corrected chi connectivity index (χ4v) is 3.19. The molecule has 28 heavy (non-hydrogen) atoms. The number of rotatable bonds is 3. The Morgan fingerprint density at radius 2 is 1.64 bits per heavy atom. The van der Waals surface area contributed by atoms with E-state index in [9.17, 15) is 9.90 Å². The predicted octanol–water partition coefficient (Wildman–Crippen LogP) is 4.88. The molecule has 0 saturated carbocycles. The standard InChI is InChI=1S/C24H20N2O2/c1-16-10-13-19(14-11-16)26-22(15-12-18-7-5-6-17(2)23(18)27)25-21-9-4-3-8-20(21)24(26)28/h3-15,27H,1-2H3/b15-12+. The zero-order valence-corrected chi connectivity index (χ0v) is 15.8. The Kier molecular flexibility index (Phi) is 4.53. The van der Waals surface area contributed by atoms with Crippen molar-refractivity contribution in [2.24, 2.45) is 0 Å². The number of phenolic OH excluding ortho intramolecular Hbond substituents is 1. The van der Waals surface area contributed by atoms with E-state index in [1.54, 1.807) is 22.8 Å². The number of hydrogen-bond acceptors (Lipinski definition) is 3. The van der Waals surface area contributed by atoms with E-state index < -0.39 is 0 Å². The van der Waals surface area contributed by atoms with Crippen molar-refractivity contribution in [3.8, 4) is 11.4 Å². The van der Waals surface area contributed by atoms with Crippen molar-refractivity contribution in [2.75, 3.05) is 0 Å². The van der Waals surface area contributed by atoms with Crippen molar-refractivity contribution in [2.45, 2.75) is 13.8 Å². The monoisotopic (exact) mass is 368 g/mol. The molecule has 4 aromatic rings. The van der Waals surface area contributed by atoms with Gasteiger partial charge in [0.15, 0.2) is 0 Å². The second-order valence-electron chi connectivity index (χ2n) is 6.81. The van der Waals surface area contributed by atoms with Gasteiger partial charge >= 0.3 is 0 Å². The first-order valence-electron chi connectivity index (χ1n) is 9.10. The molecule has 0 saturated heterocycles. The molecule has 0 spiro atoms. The maximum atomic E-state index is 13.2. The molecule has 4 rings (SSSR count). The lowest BCUT2D eigenvalue weighted by atomic mass is 10.1. The Balaban J connectivity index is 1.95. The second kappa shape index (κ2) is 7.16. The average molecular weight is 368 g/mol. The maximum Gasteiger partial charge on any atom is 0.266 e. The van der Waals surface area contributed by atoms with Gasteiger partial charge < -0.3 is 5.11 Å². The van der Waals surface area contributed by atoms with Gasteiger partial charge in [-0.1, -0.05) is 48.0 Å². The van der Waals surface area contributed by atoms with Crippen molar-refractivity contribution in [3.05, 3.63) is 99.6 Å². The molecule has 1 N–H and O–H groups in total. The Bertz CT molecular complexity index is 1250. The highest BCUT2D eigenvalue weighted by atomic mass is 16.3. The SMILES string of the molecule is Cc1ccc(-n2c(/C=C/c3cccc(C)c3O)nc3ccccc3c2=O)cc1. The van der Waals surface area contributed by atoms with Gasteiger partial charge in [-0.05, 0) is 55.8 Å². The van der Waals surface area contributed by atoms with Gasteiger partial charge in [-0.2, -0.15) is 0 Å². The lowest BCUT2D eigenvalue weighted by Crippen LogP contribution is -2.22. The molecule has 1 aromatic heterocycles. The topological polar surface area (TPSA) is 55.1 Å². The number of phenols is 1. The molecular formula is C24H20N2O2. The lowest BCUT2D eigenvalue weighted by molar-refractivity contribution is 0.470. The number of benzene rings is 3. The molecule has 0 aliphatic heterocycles. The Morgan fingerprint density at radius 3 is 2.43 bits per heavy atom. The molecule has 0 radical (unpaired) electrons. The summed E-state index contributed by atoms with van der Waals surface area (Å²) in [4.78, 5) is 17.9. The highest BCUT2D eigenvalue weighted by molar-refractivity contribution is 5.80. The summed E-state index contributed by atoms with van der Waals surface area (Å²) in [6, 6.07) is 20.6. The quantitative estimate of drug-likeness (QED) is 0.561. The van der Waals surface area contributed by atoms with Crippen LogP contribution in [-0.2, 0) is 0 Å². The van der Waals surface area contributed by atoms with E-state index in [0.29, 0.717) is 22.3 Å². The van der Waals surface area contributed by atoms with E-state index in [0.717, 1.165) is 16.8 Å². The maximum absolute atomic E-state index is 13.2. The van der Waals surface area contributed by atoms with E-state index in [2.05, 4.69) is 0 Å². The summed E-state index contributed by atoms with van der Waals surface area (Å²) in [7, 11) is 0. The van der Waals surface area contributed by atoms with Gasteiger partial charge in [-0.15, -0.1) is 0 Å². The third-order valence-electron chi connectivity index (χ3n) is 4.77. The molecule has 1 heterocycles. The van der Waals surface area contributed by atoms with Gasteiger partial charge in [-0.25, -0.2) is 4.98 Å².